The standard InChI is InChI=1S/C4H6O2.C3H8O4S/c1-3(2)4(5)6;1-2-3(4)8(5,6)7/h1H2,2H3,(H,5,6);3-4H,2H2,1H3,(H,5,6,7). The Balaban J connectivity index is 0. The summed E-state index contributed by atoms with van der Waals surface area (Å²) in [5.41, 5.74) is -1.45. The van der Waals surface area contributed by atoms with Crippen LogP contribution in [0, 0.1) is 0 Å². The monoisotopic (exact) mass is 226 g/mol. The van der Waals surface area contributed by atoms with Gasteiger partial charge >= 0.3 is 5.97 Å². The summed E-state index contributed by atoms with van der Waals surface area (Å²) < 4.78 is 27.7. The fourth-order valence-electron chi connectivity index (χ4n) is 0.211. The van der Waals surface area contributed by atoms with Crippen molar-refractivity contribution in [2.45, 2.75) is 25.7 Å². The molecule has 0 heterocycles. The van der Waals surface area contributed by atoms with E-state index in [9.17, 15) is 13.2 Å². The number of rotatable bonds is 3. The Hall–Kier alpha value is -0.920. The lowest BCUT2D eigenvalue weighted by Gasteiger charge is -1.99. The summed E-state index contributed by atoms with van der Waals surface area (Å²) in [6.45, 7) is 6.06. The van der Waals surface area contributed by atoms with Gasteiger partial charge in [-0.05, 0) is 13.3 Å². The predicted octanol–water partition coefficient (Wildman–Crippen LogP) is 0.250. The molecule has 0 radical (unpaired) electrons. The predicted molar refractivity (Wildman–Crippen MR) is 50.3 cm³/mol. The SMILES string of the molecule is C=C(C)C(=O)O.CCC(O)S(=O)(=O)O. The van der Waals surface area contributed by atoms with Gasteiger partial charge in [-0.1, -0.05) is 13.5 Å². The summed E-state index contributed by atoms with van der Waals surface area (Å²) >= 11 is 0. The molecule has 0 aromatic heterocycles. The van der Waals surface area contributed by atoms with Crippen LogP contribution < -0.4 is 0 Å². The van der Waals surface area contributed by atoms with E-state index in [0.29, 0.717) is 0 Å². The number of aliphatic hydroxyl groups excluding tert-OH is 1. The van der Waals surface area contributed by atoms with Crippen molar-refractivity contribution in [2.75, 3.05) is 0 Å². The van der Waals surface area contributed by atoms with Crippen molar-refractivity contribution in [1.82, 2.24) is 0 Å². The highest BCUT2D eigenvalue weighted by molar-refractivity contribution is 7.86. The van der Waals surface area contributed by atoms with Gasteiger partial charge in [-0.25, -0.2) is 4.79 Å². The van der Waals surface area contributed by atoms with Crippen molar-refractivity contribution in [3.63, 3.8) is 0 Å². The van der Waals surface area contributed by atoms with Gasteiger partial charge in [-0.3, -0.25) is 4.55 Å². The molecule has 84 valence electrons. The second-order valence-electron chi connectivity index (χ2n) is 2.46. The van der Waals surface area contributed by atoms with E-state index in [1.807, 2.05) is 0 Å². The summed E-state index contributed by atoms with van der Waals surface area (Å²) in [5.74, 6) is -0.935. The van der Waals surface area contributed by atoms with E-state index in [0.717, 1.165) is 0 Å². The first kappa shape index (κ1) is 15.5. The molecule has 0 saturated carbocycles. The molecule has 14 heavy (non-hydrogen) atoms. The van der Waals surface area contributed by atoms with E-state index in [-0.39, 0.29) is 12.0 Å². The molecule has 0 aromatic rings. The van der Waals surface area contributed by atoms with Crippen LogP contribution in [0.3, 0.4) is 0 Å². The molecule has 0 saturated heterocycles. The molecule has 0 bridgehead atoms. The molecule has 6 nitrogen and oxygen atoms in total. The van der Waals surface area contributed by atoms with Crippen LogP contribution in [-0.2, 0) is 14.9 Å². The van der Waals surface area contributed by atoms with Crippen molar-refractivity contribution in [2.24, 2.45) is 0 Å². The quantitative estimate of drug-likeness (QED) is 0.469. The van der Waals surface area contributed by atoms with Crippen LogP contribution in [0.5, 0.6) is 0 Å². The average molecular weight is 226 g/mol. The van der Waals surface area contributed by atoms with E-state index in [1.165, 1.54) is 13.8 Å². The first-order chi connectivity index (χ1) is 6.12. The highest BCUT2D eigenvalue weighted by Crippen LogP contribution is 1.96. The van der Waals surface area contributed by atoms with Crippen LogP contribution >= 0.6 is 0 Å². The van der Waals surface area contributed by atoms with E-state index in [1.54, 1.807) is 0 Å². The minimum atomic E-state index is -4.20. The molecular formula is C7H14O6S. The second-order valence-corrected chi connectivity index (χ2v) is 4.04. The fourth-order valence-corrected chi connectivity index (χ4v) is 0.632. The van der Waals surface area contributed by atoms with Gasteiger partial charge in [-0.15, -0.1) is 0 Å². The third-order valence-corrected chi connectivity index (χ3v) is 2.08. The van der Waals surface area contributed by atoms with Gasteiger partial charge in [0, 0.05) is 5.57 Å². The molecule has 1 atom stereocenters. The Morgan fingerprint density at radius 2 is 1.79 bits per heavy atom. The van der Waals surface area contributed by atoms with Gasteiger partial charge in [0.05, 0.1) is 0 Å². The summed E-state index contributed by atoms with van der Waals surface area (Å²) in [4.78, 5) is 9.60. The average Bonchev–Trinajstić information content (AvgIpc) is 2.02. The van der Waals surface area contributed by atoms with Crippen LogP contribution in [0.25, 0.3) is 0 Å². The number of aliphatic carboxylic acids is 1. The lowest BCUT2D eigenvalue weighted by molar-refractivity contribution is -0.132. The van der Waals surface area contributed by atoms with Crippen molar-refractivity contribution >= 4 is 16.1 Å². The van der Waals surface area contributed by atoms with Gasteiger partial charge < -0.3 is 10.2 Å². The van der Waals surface area contributed by atoms with Crippen LogP contribution in [0.15, 0.2) is 12.2 Å². The Labute approximate surface area is 82.6 Å². The van der Waals surface area contributed by atoms with Crippen LogP contribution in [-0.4, -0.2) is 34.6 Å². The Bertz CT molecular complexity index is 279. The number of hydrogen-bond donors (Lipinski definition) is 3. The molecule has 0 fully saturated rings. The molecule has 0 aliphatic heterocycles. The van der Waals surface area contributed by atoms with Crippen molar-refractivity contribution < 1.29 is 28.0 Å². The highest BCUT2D eigenvalue weighted by Gasteiger charge is 2.15. The lowest BCUT2D eigenvalue weighted by atomic mass is 10.4. The fraction of sp³-hybridized carbons (Fsp3) is 0.571. The van der Waals surface area contributed by atoms with E-state index < -0.39 is 21.5 Å². The van der Waals surface area contributed by atoms with Crippen LogP contribution in [0.1, 0.15) is 20.3 Å². The molecular weight excluding hydrogens is 212 g/mol. The zero-order valence-corrected chi connectivity index (χ0v) is 8.78. The molecule has 0 rings (SSSR count). The highest BCUT2D eigenvalue weighted by atomic mass is 32.2. The zero-order chi connectivity index (χ0) is 11.9. The van der Waals surface area contributed by atoms with Gasteiger partial charge in [0.25, 0.3) is 10.1 Å². The number of carboxylic acid groups (broad SMARTS) is 1. The maximum Gasteiger partial charge on any atom is 0.330 e. The number of hydrogen-bond acceptors (Lipinski definition) is 4. The van der Waals surface area contributed by atoms with Gasteiger partial charge in [-0.2, -0.15) is 8.42 Å². The number of carbonyl (C=O) groups is 1. The number of carboxylic acids is 1. The first-order valence-electron chi connectivity index (χ1n) is 3.66. The minimum Gasteiger partial charge on any atom is -0.478 e. The smallest absolute Gasteiger partial charge is 0.330 e. The van der Waals surface area contributed by atoms with Gasteiger partial charge in [0.15, 0.2) is 5.44 Å². The van der Waals surface area contributed by atoms with Crippen molar-refractivity contribution in [3.8, 4) is 0 Å². The maximum absolute atomic E-state index is 9.87. The van der Waals surface area contributed by atoms with E-state index >= 15 is 0 Å². The van der Waals surface area contributed by atoms with Crippen molar-refractivity contribution in [1.29, 1.82) is 0 Å². The molecule has 7 heteroatoms. The molecule has 0 aliphatic carbocycles. The minimum absolute atomic E-state index is 0.0127. The summed E-state index contributed by atoms with van der Waals surface area (Å²) in [7, 11) is -4.20. The van der Waals surface area contributed by atoms with E-state index in [4.69, 9.17) is 14.8 Å². The Morgan fingerprint density at radius 3 is 1.79 bits per heavy atom. The van der Waals surface area contributed by atoms with Crippen molar-refractivity contribution in [3.05, 3.63) is 12.2 Å². The largest absolute Gasteiger partial charge is 0.478 e. The van der Waals surface area contributed by atoms with E-state index in [2.05, 4.69) is 6.58 Å². The molecule has 0 aromatic carbocycles. The lowest BCUT2D eigenvalue weighted by Crippen LogP contribution is -2.17. The molecule has 0 spiro atoms. The second kappa shape index (κ2) is 6.52. The number of aliphatic hydroxyl groups is 1. The van der Waals surface area contributed by atoms with Crippen LogP contribution in [0.2, 0.25) is 0 Å². The Morgan fingerprint density at radius 1 is 1.50 bits per heavy atom. The zero-order valence-electron chi connectivity index (χ0n) is 7.97. The third-order valence-electron chi connectivity index (χ3n) is 1.06. The topological polar surface area (TPSA) is 112 Å². The third kappa shape index (κ3) is 9.17. The van der Waals surface area contributed by atoms with Crippen LogP contribution in [0.4, 0.5) is 0 Å². The molecule has 3 N–H and O–H groups in total. The summed E-state index contributed by atoms with van der Waals surface area (Å²) in [6, 6.07) is 0. The van der Waals surface area contributed by atoms with Gasteiger partial charge in [0.1, 0.15) is 0 Å². The molecule has 1 unspecified atom stereocenters. The summed E-state index contributed by atoms with van der Waals surface area (Å²) in [5, 5.41) is 16.2. The Kier molecular flexibility index (Phi) is 7.24. The summed E-state index contributed by atoms with van der Waals surface area (Å²) in [6.07, 6.45) is 0.0127. The molecule has 0 amide bonds. The normalized spacial score (nSPS) is 12.3. The maximum atomic E-state index is 9.87. The van der Waals surface area contributed by atoms with Gasteiger partial charge in [0.2, 0.25) is 0 Å². The molecule has 0 aliphatic rings. The first-order valence-corrected chi connectivity index (χ1v) is 5.16.